The van der Waals surface area contributed by atoms with Crippen LogP contribution in [0.25, 0.3) is 0 Å². The Morgan fingerprint density at radius 2 is 1.75 bits per heavy atom. The summed E-state index contributed by atoms with van der Waals surface area (Å²) in [6.45, 7) is 3.95. The monoisotopic (exact) mass is 363 g/mol. The van der Waals surface area contributed by atoms with E-state index in [0.717, 1.165) is 54.8 Å². The molecule has 126 valence electrons. The fraction of sp³-hybridized carbons (Fsp3) is 0.278. The Labute approximate surface area is 153 Å². The minimum absolute atomic E-state index is 0. The van der Waals surface area contributed by atoms with Gasteiger partial charge in [0, 0.05) is 31.2 Å². The lowest BCUT2D eigenvalue weighted by molar-refractivity contribution is 0.215. The lowest BCUT2D eigenvalue weighted by Crippen LogP contribution is -2.47. The van der Waals surface area contributed by atoms with Crippen LogP contribution in [0.3, 0.4) is 0 Å². The lowest BCUT2D eigenvalue weighted by atomic mass is 10.1. The Bertz CT molecular complexity index is 771. The third-order valence-electron chi connectivity index (χ3n) is 4.30. The summed E-state index contributed by atoms with van der Waals surface area (Å²) in [6, 6.07) is 13.6. The molecule has 0 radical (unpaired) electrons. The molecule has 0 aromatic heterocycles. The molecule has 4 rings (SSSR count). The van der Waals surface area contributed by atoms with Crippen molar-refractivity contribution in [3.05, 3.63) is 53.1 Å². The second-order valence-corrected chi connectivity index (χ2v) is 6.37. The molecule has 0 N–H and O–H groups in total. The van der Waals surface area contributed by atoms with Crippen LogP contribution in [-0.4, -0.2) is 48.9 Å². The SMILES string of the molecule is CN1CCN(C2=Nc3ccccc3Oc3ccc(Cl)cc32)CC1.Cl. The van der Waals surface area contributed by atoms with E-state index in [1.807, 2.05) is 42.5 Å². The van der Waals surface area contributed by atoms with Gasteiger partial charge in [0.15, 0.2) is 5.75 Å². The number of fused-ring (bicyclic) bond motifs is 2. The third kappa shape index (κ3) is 3.22. The summed E-state index contributed by atoms with van der Waals surface area (Å²) in [7, 11) is 2.15. The van der Waals surface area contributed by atoms with E-state index in [0.29, 0.717) is 5.02 Å². The van der Waals surface area contributed by atoms with Crippen LogP contribution in [0.2, 0.25) is 5.02 Å². The van der Waals surface area contributed by atoms with Gasteiger partial charge in [-0.3, -0.25) is 0 Å². The minimum Gasteiger partial charge on any atom is -0.454 e. The molecule has 2 aromatic carbocycles. The van der Waals surface area contributed by atoms with Crippen molar-refractivity contribution < 1.29 is 4.74 Å². The molecule has 0 atom stereocenters. The van der Waals surface area contributed by atoms with Crippen molar-refractivity contribution in [1.29, 1.82) is 0 Å². The lowest BCUT2D eigenvalue weighted by Gasteiger charge is -2.34. The zero-order chi connectivity index (χ0) is 15.8. The minimum atomic E-state index is 0. The van der Waals surface area contributed by atoms with Gasteiger partial charge in [0.2, 0.25) is 0 Å². The maximum absolute atomic E-state index is 6.23. The first-order chi connectivity index (χ1) is 11.2. The highest BCUT2D eigenvalue weighted by molar-refractivity contribution is 6.31. The van der Waals surface area contributed by atoms with Crippen LogP contribution in [0, 0.1) is 0 Å². The van der Waals surface area contributed by atoms with Crippen LogP contribution in [0.15, 0.2) is 47.5 Å². The molecule has 2 aliphatic heterocycles. The van der Waals surface area contributed by atoms with E-state index in [-0.39, 0.29) is 12.4 Å². The summed E-state index contributed by atoms with van der Waals surface area (Å²) < 4.78 is 6.09. The largest absolute Gasteiger partial charge is 0.454 e. The average Bonchev–Trinajstić information content (AvgIpc) is 2.72. The number of hydrogen-bond donors (Lipinski definition) is 0. The van der Waals surface area contributed by atoms with Gasteiger partial charge in [-0.15, -0.1) is 12.4 Å². The quantitative estimate of drug-likeness (QED) is 0.702. The van der Waals surface area contributed by atoms with Gasteiger partial charge in [0.1, 0.15) is 17.3 Å². The topological polar surface area (TPSA) is 28.1 Å². The van der Waals surface area contributed by atoms with Gasteiger partial charge in [-0.25, -0.2) is 4.99 Å². The molecular weight excluding hydrogens is 345 g/mol. The van der Waals surface area contributed by atoms with E-state index >= 15 is 0 Å². The van der Waals surface area contributed by atoms with Gasteiger partial charge in [0.25, 0.3) is 0 Å². The third-order valence-corrected chi connectivity index (χ3v) is 4.53. The number of ether oxygens (including phenoxy) is 1. The van der Waals surface area contributed by atoms with E-state index in [1.54, 1.807) is 0 Å². The maximum atomic E-state index is 6.23. The first-order valence-electron chi connectivity index (χ1n) is 7.80. The zero-order valence-corrected chi connectivity index (χ0v) is 15.0. The predicted molar refractivity (Wildman–Crippen MR) is 100 cm³/mol. The van der Waals surface area contributed by atoms with E-state index in [2.05, 4.69) is 16.8 Å². The van der Waals surface area contributed by atoms with Crippen LogP contribution in [-0.2, 0) is 0 Å². The fourth-order valence-electron chi connectivity index (χ4n) is 2.95. The summed E-state index contributed by atoms with van der Waals surface area (Å²) >= 11 is 6.23. The molecular formula is C18H19Cl2N3O. The molecule has 0 aliphatic carbocycles. The predicted octanol–water partition coefficient (Wildman–Crippen LogP) is 4.19. The standard InChI is InChI=1S/C18H18ClN3O.ClH/c1-21-8-10-22(11-9-21)18-14-12-13(19)6-7-16(14)23-17-5-3-2-4-15(17)20-18;/h2-7,12H,8-11H2,1H3;1H. The van der Waals surface area contributed by atoms with Crippen molar-refractivity contribution in [3.63, 3.8) is 0 Å². The van der Waals surface area contributed by atoms with Gasteiger partial charge in [-0.2, -0.15) is 0 Å². The number of amidine groups is 1. The highest BCUT2D eigenvalue weighted by Crippen LogP contribution is 2.38. The molecule has 0 saturated carbocycles. The number of hydrogen-bond acceptors (Lipinski definition) is 4. The Morgan fingerprint density at radius 1 is 1.00 bits per heavy atom. The van der Waals surface area contributed by atoms with Gasteiger partial charge < -0.3 is 14.5 Å². The molecule has 0 spiro atoms. The number of benzene rings is 2. The van der Waals surface area contributed by atoms with E-state index in [1.165, 1.54) is 0 Å². The van der Waals surface area contributed by atoms with Crippen molar-refractivity contribution in [1.82, 2.24) is 9.80 Å². The second kappa shape index (κ2) is 7.01. The van der Waals surface area contributed by atoms with Crippen LogP contribution < -0.4 is 4.74 Å². The first-order valence-corrected chi connectivity index (χ1v) is 8.17. The molecule has 1 fully saturated rings. The van der Waals surface area contributed by atoms with Crippen molar-refractivity contribution >= 4 is 35.5 Å². The summed E-state index contributed by atoms with van der Waals surface area (Å²) in [5.41, 5.74) is 1.81. The van der Waals surface area contributed by atoms with Gasteiger partial charge in [-0.1, -0.05) is 23.7 Å². The Hall–Kier alpha value is -1.75. The van der Waals surface area contributed by atoms with Crippen molar-refractivity contribution in [2.75, 3.05) is 33.2 Å². The second-order valence-electron chi connectivity index (χ2n) is 5.94. The average molecular weight is 364 g/mol. The van der Waals surface area contributed by atoms with Gasteiger partial charge in [0.05, 0.1) is 5.56 Å². The van der Waals surface area contributed by atoms with Crippen molar-refractivity contribution in [2.45, 2.75) is 0 Å². The summed E-state index contributed by atoms with van der Waals surface area (Å²) in [5, 5.41) is 0.695. The first kappa shape index (κ1) is 17.1. The summed E-state index contributed by atoms with van der Waals surface area (Å²) in [5.74, 6) is 2.53. The van der Waals surface area contributed by atoms with Crippen molar-refractivity contribution in [3.8, 4) is 11.5 Å². The molecule has 4 nitrogen and oxygen atoms in total. The van der Waals surface area contributed by atoms with Gasteiger partial charge in [-0.05, 0) is 37.4 Å². The highest BCUT2D eigenvalue weighted by atomic mass is 35.5. The molecule has 2 heterocycles. The smallest absolute Gasteiger partial charge is 0.153 e. The molecule has 2 aromatic rings. The summed E-state index contributed by atoms with van der Waals surface area (Å²) in [4.78, 5) is 9.56. The Balaban J connectivity index is 0.00000169. The van der Waals surface area contributed by atoms with Gasteiger partial charge >= 0.3 is 0 Å². The normalized spacial score (nSPS) is 16.9. The highest BCUT2D eigenvalue weighted by Gasteiger charge is 2.25. The van der Waals surface area contributed by atoms with Crippen LogP contribution in [0.1, 0.15) is 5.56 Å². The number of aliphatic imine (C=N–C) groups is 1. The van der Waals surface area contributed by atoms with E-state index in [4.69, 9.17) is 21.3 Å². The van der Waals surface area contributed by atoms with Crippen LogP contribution in [0.5, 0.6) is 11.5 Å². The molecule has 1 saturated heterocycles. The zero-order valence-electron chi connectivity index (χ0n) is 13.4. The maximum Gasteiger partial charge on any atom is 0.153 e. The summed E-state index contributed by atoms with van der Waals surface area (Å²) in [6.07, 6.45) is 0. The molecule has 6 heteroatoms. The van der Waals surface area contributed by atoms with Crippen molar-refractivity contribution in [2.24, 2.45) is 4.99 Å². The number of likely N-dealkylation sites (N-methyl/N-ethyl adjacent to an activating group) is 1. The number of halogens is 2. The Kier molecular flexibility index (Phi) is 4.99. The number of para-hydroxylation sites is 2. The Morgan fingerprint density at radius 3 is 2.54 bits per heavy atom. The molecule has 24 heavy (non-hydrogen) atoms. The van der Waals surface area contributed by atoms with E-state index in [9.17, 15) is 0 Å². The molecule has 0 amide bonds. The number of piperazine rings is 1. The molecule has 2 aliphatic rings. The molecule has 0 unspecified atom stereocenters. The number of nitrogens with zero attached hydrogens (tertiary/aromatic N) is 3. The van der Waals surface area contributed by atoms with Crippen LogP contribution in [0.4, 0.5) is 5.69 Å². The van der Waals surface area contributed by atoms with E-state index < -0.39 is 0 Å². The van der Waals surface area contributed by atoms with Crippen LogP contribution >= 0.6 is 24.0 Å². The molecule has 0 bridgehead atoms. The number of rotatable bonds is 0. The fourth-order valence-corrected chi connectivity index (χ4v) is 3.13.